The number of hydrogen-bond acceptors (Lipinski definition) is 4. The Morgan fingerprint density at radius 2 is 1.77 bits per heavy atom. The quantitative estimate of drug-likeness (QED) is 0.509. The van der Waals surface area contributed by atoms with Gasteiger partial charge >= 0.3 is 0 Å². The molecule has 0 saturated carbocycles. The zero-order chi connectivity index (χ0) is 18.1. The Balaban J connectivity index is 1.96. The summed E-state index contributed by atoms with van der Waals surface area (Å²) in [4.78, 5) is 15.3. The first-order chi connectivity index (χ1) is 12.6. The molecule has 0 fully saturated rings. The fourth-order valence-corrected chi connectivity index (χ4v) is 2.90. The second kappa shape index (κ2) is 6.52. The molecule has 0 unspecified atom stereocenters. The van der Waals surface area contributed by atoms with Gasteiger partial charge in [-0.1, -0.05) is 18.2 Å². The van der Waals surface area contributed by atoms with E-state index in [1.54, 1.807) is 18.5 Å². The minimum Gasteiger partial charge on any atom is -0.279 e. The predicted molar refractivity (Wildman–Crippen MR) is 101 cm³/mol. The van der Waals surface area contributed by atoms with Gasteiger partial charge in [0.15, 0.2) is 0 Å². The number of aromatic nitrogens is 3. The molecular formula is C21H17FN4. The zero-order valence-corrected chi connectivity index (χ0v) is 14.5. The van der Waals surface area contributed by atoms with Crippen LogP contribution >= 0.6 is 0 Å². The van der Waals surface area contributed by atoms with Gasteiger partial charge in [-0.15, -0.1) is 0 Å². The molecular weight excluding hydrogens is 327 g/mol. The molecule has 4 aromatic rings. The number of rotatable bonds is 3. The van der Waals surface area contributed by atoms with Crippen molar-refractivity contribution in [2.75, 3.05) is 4.90 Å². The molecule has 0 spiro atoms. The van der Waals surface area contributed by atoms with Gasteiger partial charge in [0.05, 0.1) is 23.1 Å². The number of halogens is 1. The molecule has 0 aliphatic rings. The second-order valence-corrected chi connectivity index (χ2v) is 6.18. The molecule has 128 valence electrons. The molecule has 0 aliphatic heterocycles. The average Bonchev–Trinajstić information content (AvgIpc) is 2.65. The summed E-state index contributed by atoms with van der Waals surface area (Å²) in [5, 5.41) is 0. The highest BCUT2D eigenvalue weighted by Gasteiger charge is 2.18. The van der Waals surface area contributed by atoms with Crippen LogP contribution in [-0.2, 0) is 0 Å². The lowest BCUT2D eigenvalue weighted by atomic mass is 10.1. The third-order valence-electron chi connectivity index (χ3n) is 4.21. The molecule has 0 N–H and O–H groups in total. The lowest BCUT2D eigenvalue weighted by Gasteiger charge is -2.25. The van der Waals surface area contributed by atoms with Crippen LogP contribution in [0, 0.1) is 19.7 Å². The molecule has 4 rings (SSSR count). The Kier molecular flexibility index (Phi) is 4.05. The lowest BCUT2D eigenvalue weighted by Crippen LogP contribution is -2.15. The largest absolute Gasteiger partial charge is 0.279 e. The van der Waals surface area contributed by atoms with Gasteiger partial charge in [0.25, 0.3) is 0 Å². The maximum atomic E-state index is 13.9. The highest BCUT2D eigenvalue weighted by Crippen LogP contribution is 2.35. The molecule has 0 bridgehead atoms. The number of pyridine rings is 1. The zero-order valence-electron chi connectivity index (χ0n) is 14.5. The van der Waals surface area contributed by atoms with Crippen molar-refractivity contribution in [3.63, 3.8) is 0 Å². The van der Waals surface area contributed by atoms with Gasteiger partial charge in [-0.25, -0.2) is 14.4 Å². The summed E-state index contributed by atoms with van der Waals surface area (Å²) >= 11 is 0. The van der Waals surface area contributed by atoms with E-state index in [0.717, 1.165) is 27.8 Å². The van der Waals surface area contributed by atoms with Crippen LogP contribution in [0.1, 0.15) is 11.1 Å². The Morgan fingerprint density at radius 3 is 2.62 bits per heavy atom. The smallest absolute Gasteiger partial charge is 0.235 e. The third kappa shape index (κ3) is 2.99. The third-order valence-corrected chi connectivity index (χ3v) is 4.21. The van der Waals surface area contributed by atoms with E-state index in [4.69, 9.17) is 0 Å². The average molecular weight is 344 g/mol. The van der Waals surface area contributed by atoms with Crippen molar-refractivity contribution < 1.29 is 4.39 Å². The van der Waals surface area contributed by atoms with Crippen LogP contribution < -0.4 is 4.90 Å². The minimum atomic E-state index is -0.305. The Hall–Kier alpha value is -3.34. The van der Waals surface area contributed by atoms with Crippen LogP contribution in [0.3, 0.4) is 0 Å². The van der Waals surface area contributed by atoms with Crippen molar-refractivity contribution in [3.05, 3.63) is 83.9 Å². The van der Waals surface area contributed by atoms with E-state index in [2.05, 4.69) is 21.0 Å². The number of anilines is 3. The molecule has 2 heterocycles. The van der Waals surface area contributed by atoms with E-state index in [1.807, 2.05) is 49.1 Å². The minimum absolute atomic E-state index is 0.305. The summed E-state index contributed by atoms with van der Waals surface area (Å²) in [6.45, 7) is 4.04. The summed E-state index contributed by atoms with van der Waals surface area (Å²) in [6.07, 6.45) is 3.40. The van der Waals surface area contributed by atoms with Crippen LogP contribution in [0.4, 0.5) is 21.7 Å². The molecule has 26 heavy (non-hydrogen) atoms. The van der Waals surface area contributed by atoms with E-state index >= 15 is 0 Å². The van der Waals surface area contributed by atoms with Crippen LogP contribution in [0.25, 0.3) is 11.0 Å². The van der Waals surface area contributed by atoms with Gasteiger partial charge in [0.1, 0.15) is 11.3 Å². The highest BCUT2D eigenvalue weighted by molar-refractivity contribution is 5.79. The first-order valence-electron chi connectivity index (χ1n) is 8.32. The summed E-state index contributed by atoms with van der Waals surface area (Å²) in [6, 6.07) is 16.3. The van der Waals surface area contributed by atoms with Crippen molar-refractivity contribution in [1.29, 1.82) is 0 Å². The van der Waals surface area contributed by atoms with Crippen molar-refractivity contribution in [2.45, 2.75) is 13.8 Å². The monoisotopic (exact) mass is 344 g/mol. The predicted octanol–water partition coefficient (Wildman–Crippen LogP) is 5.25. The molecule has 4 nitrogen and oxygen atoms in total. The fraction of sp³-hybridized carbons (Fsp3) is 0.0952. The number of hydrogen-bond donors (Lipinski definition) is 0. The SMILES string of the molecule is Cc1ccc(C)c(N(c2cccc(F)c2)c2ncc3ncccc3n2)c1. The van der Waals surface area contributed by atoms with Gasteiger partial charge in [-0.2, -0.15) is 0 Å². The standard InChI is InChI=1S/C21H17FN4/c1-14-8-9-15(2)20(11-14)26(17-6-3-5-16(22)12-17)21-24-13-19-18(25-21)7-4-10-23-19/h3-13H,1-2H3. The fourth-order valence-electron chi connectivity index (χ4n) is 2.90. The van der Waals surface area contributed by atoms with Gasteiger partial charge in [-0.3, -0.25) is 9.88 Å². The van der Waals surface area contributed by atoms with E-state index in [0.29, 0.717) is 11.6 Å². The van der Waals surface area contributed by atoms with E-state index in [9.17, 15) is 4.39 Å². The Labute approximate surface area is 151 Å². The molecule has 0 atom stereocenters. The van der Waals surface area contributed by atoms with Crippen molar-refractivity contribution >= 4 is 28.4 Å². The maximum absolute atomic E-state index is 13.9. The van der Waals surface area contributed by atoms with E-state index in [-0.39, 0.29) is 5.82 Å². The number of fused-ring (bicyclic) bond motifs is 1. The molecule has 0 radical (unpaired) electrons. The lowest BCUT2D eigenvalue weighted by molar-refractivity contribution is 0.628. The molecule has 2 aromatic carbocycles. The number of benzene rings is 2. The Morgan fingerprint density at radius 1 is 0.885 bits per heavy atom. The summed E-state index contributed by atoms with van der Waals surface area (Å²) < 4.78 is 13.9. The maximum Gasteiger partial charge on any atom is 0.235 e. The molecule has 0 saturated heterocycles. The first kappa shape index (κ1) is 16.1. The van der Waals surface area contributed by atoms with E-state index < -0.39 is 0 Å². The Bertz CT molecular complexity index is 1090. The van der Waals surface area contributed by atoms with Crippen LogP contribution in [-0.4, -0.2) is 15.0 Å². The second-order valence-electron chi connectivity index (χ2n) is 6.18. The topological polar surface area (TPSA) is 41.9 Å². The normalized spacial score (nSPS) is 10.9. The molecule has 0 amide bonds. The van der Waals surface area contributed by atoms with Gasteiger partial charge < -0.3 is 0 Å². The summed E-state index contributed by atoms with van der Waals surface area (Å²) in [5.74, 6) is 0.171. The van der Waals surface area contributed by atoms with Gasteiger partial charge in [0.2, 0.25) is 5.95 Å². The van der Waals surface area contributed by atoms with Crippen molar-refractivity contribution in [3.8, 4) is 0 Å². The molecule has 2 aromatic heterocycles. The number of nitrogens with zero attached hydrogens (tertiary/aromatic N) is 4. The summed E-state index contributed by atoms with van der Waals surface area (Å²) in [7, 11) is 0. The highest BCUT2D eigenvalue weighted by atomic mass is 19.1. The van der Waals surface area contributed by atoms with Gasteiger partial charge in [0, 0.05) is 6.20 Å². The van der Waals surface area contributed by atoms with Gasteiger partial charge in [-0.05, 0) is 61.4 Å². The molecule has 5 heteroatoms. The van der Waals surface area contributed by atoms with E-state index in [1.165, 1.54) is 12.1 Å². The first-order valence-corrected chi connectivity index (χ1v) is 8.32. The van der Waals surface area contributed by atoms with Crippen LogP contribution in [0.15, 0.2) is 67.0 Å². The number of aryl methyl sites for hydroxylation is 2. The van der Waals surface area contributed by atoms with Crippen LogP contribution in [0.2, 0.25) is 0 Å². The molecule has 0 aliphatic carbocycles. The summed E-state index contributed by atoms with van der Waals surface area (Å²) in [5.41, 5.74) is 5.20. The van der Waals surface area contributed by atoms with Crippen molar-refractivity contribution in [1.82, 2.24) is 15.0 Å². The van der Waals surface area contributed by atoms with Crippen LogP contribution in [0.5, 0.6) is 0 Å². The van der Waals surface area contributed by atoms with Crippen molar-refractivity contribution in [2.24, 2.45) is 0 Å².